The summed E-state index contributed by atoms with van der Waals surface area (Å²) in [6.07, 6.45) is 5.44. The number of amides is 1. The second-order valence-corrected chi connectivity index (χ2v) is 7.41. The van der Waals surface area contributed by atoms with E-state index in [9.17, 15) is 4.79 Å². The number of carbonyl (C=O) groups excluding carboxylic acids is 1. The standard InChI is InChI=1S/C21H22N6O2/c1-13-10-23-19(29-13)14-5-3-6-15(9-14)27-12-16-7-4-8-26(16)18-17(20(27)28)11-24-21(22-2)25-18/h3,5-6,9-11,16H,4,7-8,12H2,1-2H3,(H,22,24,25). The summed E-state index contributed by atoms with van der Waals surface area (Å²) in [7, 11) is 1.78. The maximum atomic E-state index is 13.5. The second kappa shape index (κ2) is 6.88. The number of nitrogens with zero attached hydrogens (tertiary/aromatic N) is 5. The van der Waals surface area contributed by atoms with E-state index < -0.39 is 0 Å². The van der Waals surface area contributed by atoms with Gasteiger partial charge in [-0.15, -0.1) is 0 Å². The van der Waals surface area contributed by atoms with Crippen molar-refractivity contribution in [2.24, 2.45) is 0 Å². The fraction of sp³-hybridized carbons (Fsp3) is 0.333. The van der Waals surface area contributed by atoms with Crippen LogP contribution in [0.2, 0.25) is 0 Å². The Balaban J connectivity index is 1.58. The molecule has 0 aliphatic carbocycles. The van der Waals surface area contributed by atoms with E-state index in [1.807, 2.05) is 36.1 Å². The van der Waals surface area contributed by atoms with Crippen LogP contribution in [0, 0.1) is 6.92 Å². The van der Waals surface area contributed by atoms with Gasteiger partial charge in [0.05, 0.1) is 6.20 Å². The number of hydrogen-bond acceptors (Lipinski definition) is 7. The molecule has 2 aliphatic rings. The zero-order valence-corrected chi connectivity index (χ0v) is 16.4. The lowest BCUT2D eigenvalue weighted by Gasteiger charge is -2.27. The summed E-state index contributed by atoms with van der Waals surface area (Å²) in [6.45, 7) is 3.37. The first kappa shape index (κ1) is 17.7. The Morgan fingerprint density at radius 3 is 2.93 bits per heavy atom. The molecule has 8 heteroatoms. The molecule has 1 saturated heterocycles. The number of aromatic nitrogens is 3. The lowest BCUT2D eigenvalue weighted by Crippen LogP contribution is -2.39. The average molecular weight is 390 g/mol. The highest BCUT2D eigenvalue weighted by Gasteiger charge is 2.37. The van der Waals surface area contributed by atoms with E-state index in [-0.39, 0.29) is 11.9 Å². The number of benzene rings is 1. The number of nitrogens with one attached hydrogen (secondary N) is 1. The van der Waals surface area contributed by atoms with Crippen LogP contribution in [0.5, 0.6) is 0 Å². The molecule has 0 saturated carbocycles. The minimum absolute atomic E-state index is 0.0854. The minimum atomic E-state index is -0.0854. The fourth-order valence-electron chi connectivity index (χ4n) is 4.12. The van der Waals surface area contributed by atoms with Crippen LogP contribution in [-0.2, 0) is 0 Å². The predicted molar refractivity (Wildman–Crippen MR) is 110 cm³/mol. The largest absolute Gasteiger partial charge is 0.441 e. The van der Waals surface area contributed by atoms with Crippen LogP contribution in [0.3, 0.4) is 0 Å². The third kappa shape index (κ3) is 3.00. The first-order chi connectivity index (χ1) is 14.1. The van der Waals surface area contributed by atoms with Gasteiger partial charge < -0.3 is 19.5 Å². The highest BCUT2D eigenvalue weighted by Crippen LogP contribution is 2.35. The molecular weight excluding hydrogens is 368 g/mol. The quantitative estimate of drug-likeness (QED) is 0.735. The molecule has 1 N–H and O–H groups in total. The van der Waals surface area contributed by atoms with E-state index in [1.165, 1.54) is 0 Å². The molecule has 29 heavy (non-hydrogen) atoms. The third-order valence-electron chi connectivity index (χ3n) is 5.54. The Labute approximate surface area is 168 Å². The molecule has 1 aromatic carbocycles. The number of rotatable bonds is 3. The Morgan fingerprint density at radius 2 is 2.14 bits per heavy atom. The van der Waals surface area contributed by atoms with Crippen molar-refractivity contribution in [2.45, 2.75) is 25.8 Å². The summed E-state index contributed by atoms with van der Waals surface area (Å²) in [5, 5.41) is 2.97. The van der Waals surface area contributed by atoms with Crippen molar-refractivity contribution in [1.29, 1.82) is 0 Å². The Kier molecular flexibility index (Phi) is 4.19. The van der Waals surface area contributed by atoms with Gasteiger partial charge in [0.1, 0.15) is 17.1 Å². The van der Waals surface area contributed by atoms with Crippen LogP contribution in [0.15, 0.2) is 41.1 Å². The van der Waals surface area contributed by atoms with Gasteiger partial charge in [-0.3, -0.25) is 4.79 Å². The van der Waals surface area contributed by atoms with E-state index in [1.54, 1.807) is 19.4 Å². The third-order valence-corrected chi connectivity index (χ3v) is 5.54. The van der Waals surface area contributed by atoms with Crippen molar-refractivity contribution in [1.82, 2.24) is 15.0 Å². The van der Waals surface area contributed by atoms with Crippen LogP contribution in [0.25, 0.3) is 11.5 Å². The SMILES string of the molecule is CNc1ncc2c(n1)N1CCCC1CN(c1cccc(-c3ncc(C)o3)c1)C2=O. The summed E-state index contributed by atoms with van der Waals surface area (Å²) in [5.41, 5.74) is 2.20. The lowest BCUT2D eigenvalue weighted by atomic mass is 10.1. The molecule has 1 fully saturated rings. The minimum Gasteiger partial charge on any atom is -0.441 e. The second-order valence-electron chi connectivity index (χ2n) is 7.41. The lowest BCUT2D eigenvalue weighted by molar-refractivity contribution is 0.0988. The van der Waals surface area contributed by atoms with Gasteiger partial charge in [-0.2, -0.15) is 4.98 Å². The maximum Gasteiger partial charge on any atom is 0.263 e. The van der Waals surface area contributed by atoms with E-state index in [0.29, 0.717) is 23.9 Å². The van der Waals surface area contributed by atoms with Crippen LogP contribution in [0.4, 0.5) is 17.5 Å². The number of hydrogen-bond donors (Lipinski definition) is 1. The average Bonchev–Trinajstić information content (AvgIpc) is 3.37. The van der Waals surface area contributed by atoms with Crippen LogP contribution in [0.1, 0.15) is 29.0 Å². The topological polar surface area (TPSA) is 87.4 Å². The molecule has 3 aromatic rings. The van der Waals surface area contributed by atoms with Gasteiger partial charge in [-0.25, -0.2) is 9.97 Å². The number of anilines is 3. The Hall–Kier alpha value is -3.42. The molecule has 8 nitrogen and oxygen atoms in total. The maximum absolute atomic E-state index is 13.5. The van der Waals surface area contributed by atoms with Crippen molar-refractivity contribution >= 4 is 23.4 Å². The highest BCUT2D eigenvalue weighted by molar-refractivity contribution is 6.10. The molecule has 5 rings (SSSR count). The zero-order valence-electron chi connectivity index (χ0n) is 16.4. The molecule has 1 atom stereocenters. The molecular formula is C21H22N6O2. The molecule has 2 aliphatic heterocycles. The first-order valence-corrected chi connectivity index (χ1v) is 9.80. The number of fused-ring (bicyclic) bond motifs is 3. The molecule has 0 bridgehead atoms. The van der Waals surface area contributed by atoms with Gasteiger partial charge in [0.15, 0.2) is 0 Å². The normalized spacial score (nSPS) is 18.4. The number of aryl methyl sites for hydroxylation is 1. The number of oxazole rings is 1. The molecule has 1 amide bonds. The van der Waals surface area contributed by atoms with Gasteiger partial charge in [0, 0.05) is 43.6 Å². The monoisotopic (exact) mass is 390 g/mol. The van der Waals surface area contributed by atoms with Crippen molar-refractivity contribution in [3.8, 4) is 11.5 Å². The predicted octanol–water partition coefficient (Wildman–Crippen LogP) is 3.11. The van der Waals surface area contributed by atoms with Crippen LogP contribution in [-0.4, -0.2) is 47.0 Å². The Morgan fingerprint density at radius 1 is 1.24 bits per heavy atom. The molecule has 0 radical (unpaired) electrons. The van der Waals surface area contributed by atoms with E-state index in [4.69, 9.17) is 4.42 Å². The van der Waals surface area contributed by atoms with Crippen LogP contribution >= 0.6 is 0 Å². The van der Waals surface area contributed by atoms with Gasteiger partial charge in [-0.1, -0.05) is 6.07 Å². The highest BCUT2D eigenvalue weighted by atomic mass is 16.4. The molecule has 4 heterocycles. The van der Waals surface area contributed by atoms with Gasteiger partial charge in [-0.05, 0) is 38.0 Å². The van der Waals surface area contributed by atoms with E-state index >= 15 is 0 Å². The fourth-order valence-corrected chi connectivity index (χ4v) is 4.12. The smallest absolute Gasteiger partial charge is 0.263 e. The summed E-state index contributed by atoms with van der Waals surface area (Å²) >= 11 is 0. The van der Waals surface area contributed by atoms with Crippen LogP contribution < -0.4 is 15.1 Å². The summed E-state index contributed by atoms with van der Waals surface area (Å²) in [5.74, 6) is 2.47. The Bertz CT molecular complexity index is 1080. The number of carbonyl (C=O) groups is 1. The van der Waals surface area contributed by atoms with Crippen molar-refractivity contribution in [2.75, 3.05) is 35.3 Å². The van der Waals surface area contributed by atoms with Gasteiger partial charge in [0.2, 0.25) is 11.8 Å². The molecule has 2 aromatic heterocycles. The first-order valence-electron chi connectivity index (χ1n) is 9.80. The zero-order chi connectivity index (χ0) is 20.0. The van der Waals surface area contributed by atoms with E-state index in [0.717, 1.165) is 42.2 Å². The summed E-state index contributed by atoms with van der Waals surface area (Å²) < 4.78 is 5.66. The van der Waals surface area contributed by atoms with Crippen molar-refractivity contribution < 1.29 is 9.21 Å². The van der Waals surface area contributed by atoms with Crippen molar-refractivity contribution in [3.63, 3.8) is 0 Å². The molecule has 1 unspecified atom stereocenters. The van der Waals surface area contributed by atoms with Gasteiger partial charge in [0.25, 0.3) is 5.91 Å². The molecule has 0 spiro atoms. The summed E-state index contributed by atoms with van der Waals surface area (Å²) in [4.78, 5) is 30.8. The van der Waals surface area contributed by atoms with Gasteiger partial charge >= 0.3 is 0 Å². The van der Waals surface area contributed by atoms with Crippen molar-refractivity contribution in [3.05, 3.63) is 48.0 Å². The molecule has 148 valence electrons. The summed E-state index contributed by atoms with van der Waals surface area (Å²) in [6, 6.07) is 8.00. The van der Waals surface area contributed by atoms with E-state index in [2.05, 4.69) is 25.2 Å².